The summed E-state index contributed by atoms with van der Waals surface area (Å²) in [5, 5.41) is 9.49. The number of hydrogen-bond donors (Lipinski definition) is 1. The molecule has 2 aliphatic rings. The summed E-state index contributed by atoms with van der Waals surface area (Å²) in [6.07, 6.45) is 0. The van der Waals surface area contributed by atoms with Gasteiger partial charge in [0.25, 0.3) is 5.24 Å². The van der Waals surface area contributed by atoms with E-state index in [2.05, 4.69) is 4.90 Å². The molecule has 2 fully saturated rings. The number of rotatable bonds is 4. The lowest BCUT2D eigenvalue weighted by Gasteiger charge is -2.28. The SMILES string of the molecule is Cc1cc(O)c(C(C)C)cc1N1C(=O)SC(CN2CCOCC2)C1=O. The highest BCUT2D eigenvalue weighted by molar-refractivity contribution is 8.15. The Balaban J connectivity index is 1.84. The third-order valence-electron chi connectivity index (χ3n) is 4.66. The van der Waals surface area contributed by atoms with Gasteiger partial charge in [0, 0.05) is 19.6 Å². The maximum atomic E-state index is 12.9. The fraction of sp³-hybridized carbons (Fsp3) is 0.556. The Kier molecular flexibility index (Phi) is 5.36. The van der Waals surface area contributed by atoms with Crippen LogP contribution in [0.2, 0.25) is 0 Å². The van der Waals surface area contributed by atoms with Crippen LogP contribution in [0.15, 0.2) is 12.1 Å². The molecule has 25 heavy (non-hydrogen) atoms. The van der Waals surface area contributed by atoms with Crippen LogP contribution in [0, 0.1) is 6.92 Å². The van der Waals surface area contributed by atoms with E-state index < -0.39 is 0 Å². The van der Waals surface area contributed by atoms with Crippen molar-refractivity contribution in [1.29, 1.82) is 0 Å². The first-order chi connectivity index (χ1) is 11.9. The number of hydrogen-bond acceptors (Lipinski definition) is 6. The molecule has 1 atom stereocenters. The van der Waals surface area contributed by atoms with Crippen molar-refractivity contribution < 1.29 is 19.4 Å². The summed E-state index contributed by atoms with van der Waals surface area (Å²) in [6.45, 7) is 9.21. The summed E-state index contributed by atoms with van der Waals surface area (Å²) >= 11 is 1.09. The number of morpholine rings is 1. The Hall–Kier alpha value is -1.57. The van der Waals surface area contributed by atoms with Crippen molar-refractivity contribution in [3.05, 3.63) is 23.3 Å². The zero-order valence-corrected chi connectivity index (χ0v) is 15.6. The van der Waals surface area contributed by atoms with E-state index in [1.54, 1.807) is 19.1 Å². The molecule has 2 saturated heterocycles. The molecule has 2 amide bonds. The molecule has 136 valence electrons. The maximum absolute atomic E-state index is 12.9. The van der Waals surface area contributed by atoms with Crippen LogP contribution in [0.3, 0.4) is 0 Å². The van der Waals surface area contributed by atoms with Crippen LogP contribution < -0.4 is 4.90 Å². The number of anilines is 1. The quantitative estimate of drug-likeness (QED) is 0.886. The van der Waals surface area contributed by atoms with Gasteiger partial charge in [0.1, 0.15) is 11.0 Å². The molecular formula is C18H24N2O4S. The molecule has 0 aliphatic carbocycles. The van der Waals surface area contributed by atoms with Gasteiger partial charge < -0.3 is 9.84 Å². The zero-order chi connectivity index (χ0) is 18.1. The normalized spacial score (nSPS) is 22.2. The van der Waals surface area contributed by atoms with Crippen LogP contribution in [-0.4, -0.2) is 59.3 Å². The average molecular weight is 364 g/mol. The Bertz CT molecular complexity index is 686. The summed E-state index contributed by atoms with van der Waals surface area (Å²) in [5.41, 5.74) is 2.03. The van der Waals surface area contributed by atoms with Gasteiger partial charge in [-0.05, 0) is 47.9 Å². The van der Waals surface area contributed by atoms with E-state index in [1.165, 1.54) is 4.90 Å². The van der Waals surface area contributed by atoms with Gasteiger partial charge >= 0.3 is 0 Å². The molecule has 2 heterocycles. The number of phenolic OH excluding ortho intramolecular Hbond substituents is 1. The molecule has 1 aromatic rings. The fourth-order valence-corrected chi connectivity index (χ4v) is 4.24. The van der Waals surface area contributed by atoms with Crippen molar-refractivity contribution in [3.8, 4) is 5.75 Å². The number of ether oxygens (including phenoxy) is 1. The van der Waals surface area contributed by atoms with Gasteiger partial charge in [-0.3, -0.25) is 14.5 Å². The van der Waals surface area contributed by atoms with Crippen molar-refractivity contribution in [2.45, 2.75) is 31.9 Å². The highest BCUT2D eigenvalue weighted by atomic mass is 32.2. The number of thioether (sulfide) groups is 1. The minimum absolute atomic E-state index is 0.101. The second kappa shape index (κ2) is 7.35. The number of phenols is 1. The number of carbonyl (C=O) groups is 2. The van der Waals surface area contributed by atoms with E-state index in [-0.39, 0.29) is 28.1 Å². The van der Waals surface area contributed by atoms with Gasteiger partial charge in [0.15, 0.2) is 0 Å². The molecule has 2 aliphatic heterocycles. The van der Waals surface area contributed by atoms with Gasteiger partial charge in [0.05, 0.1) is 18.9 Å². The number of nitrogens with zero attached hydrogens (tertiary/aromatic N) is 2. The summed E-state index contributed by atoms with van der Waals surface area (Å²) < 4.78 is 5.33. The van der Waals surface area contributed by atoms with E-state index in [1.807, 2.05) is 13.8 Å². The van der Waals surface area contributed by atoms with E-state index in [9.17, 15) is 14.7 Å². The number of carbonyl (C=O) groups excluding carboxylic acids is 2. The first-order valence-corrected chi connectivity index (χ1v) is 9.44. The van der Waals surface area contributed by atoms with Gasteiger partial charge in [-0.1, -0.05) is 13.8 Å². The Morgan fingerprint density at radius 3 is 2.60 bits per heavy atom. The largest absolute Gasteiger partial charge is 0.508 e. The van der Waals surface area contributed by atoms with Crippen molar-refractivity contribution in [3.63, 3.8) is 0 Å². The number of amides is 2. The number of aromatic hydroxyl groups is 1. The van der Waals surface area contributed by atoms with Crippen LogP contribution in [0.5, 0.6) is 5.75 Å². The first-order valence-electron chi connectivity index (χ1n) is 8.56. The van der Waals surface area contributed by atoms with Crippen molar-refractivity contribution in [2.75, 3.05) is 37.7 Å². The van der Waals surface area contributed by atoms with Gasteiger partial charge in [-0.25, -0.2) is 4.90 Å². The molecule has 1 unspecified atom stereocenters. The molecule has 0 spiro atoms. The van der Waals surface area contributed by atoms with E-state index in [0.717, 1.165) is 36.0 Å². The summed E-state index contributed by atoms with van der Waals surface area (Å²) in [5.74, 6) is 0.127. The molecule has 7 heteroatoms. The zero-order valence-electron chi connectivity index (χ0n) is 14.8. The summed E-state index contributed by atoms with van der Waals surface area (Å²) in [4.78, 5) is 28.8. The van der Waals surface area contributed by atoms with Crippen molar-refractivity contribution in [1.82, 2.24) is 4.90 Å². The van der Waals surface area contributed by atoms with Crippen LogP contribution in [0.4, 0.5) is 10.5 Å². The highest BCUT2D eigenvalue weighted by Crippen LogP contribution is 2.38. The lowest BCUT2D eigenvalue weighted by Crippen LogP contribution is -2.43. The number of aryl methyl sites for hydroxylation is 1. The van der Waals surface area contributed by atoms with E-state index in [4.69, 9.17) is 4.74 Å². The molecule has 3 rings (SSSR count). The highest BCUT2D eigenvalue weighted by Gasteiger charge is 2.42. The molecular weight excluding hydrogens is 340 g/mol. The predicted octanol–water partition coefficient (Wildman–Crippen LogP) is 2.72. The second-order valence-corrected chi connectivity index (χ2v) is 7.97. The Morgan fingerprint density at radius 1 is 1.28 bits per heavy atom. The van der Waals surface area contributed by atoms with Crippen molar-refractivity contribution >= 4 is 28.6 Å². The number of benzene rings is 1. The van der Waals surface area contributed by atoms with Gasteiger partial charge in [0.2, 0.25) is 5.91 Å². The molecule has 6 nitrogen and oxygen atoms in total. The van der Waals surface area contributed by atoms with Gasteiger partial charge in [-0.15, -0.1) is 0 Å². The Morgan fingerprint density at radius 2 is 1.96 bits per heavy atom. The Labute approximate surface area is 152 Å². The van der Waals surface area contributed by atoms with E-state index in [0.29, 0.717) is 25.4 Å². The van der Waals surface area contributed by atoms with Crippen molar-refractivity contribution in [2.24, 2.45) is 0 Å². The van der Waals surface area contributed by atoms with Crippen LogP contribution >= 0.6 is 11.8 Å². The lowest BCUT2D eigenvalue weighted by molar-refractivity contribution is -0.117. The average Bonchev–Trinajstić information content (AvgIpc) is 2.83. The maximum Gasteiger partial charge on any atom is 0.293 e. The monoisotopic (exact) mass is 364 g/mol. The lowest BCUT2D eigenvalue weighted by atomic mass is 9.98. The smallest absolute Gasteiger partial charge is 0.293 e. The number of imide groups is 1. The van der Waals surface area contributed by atoms with Crippen LogP contribution in [0.25, 0.3) is 0 Å². The topological polar surface area (TPSA) is 70.1 Å². The minimum atomic E-state index is -0.388. The predicted molar refractivity (Wildman–Crippen MR) is 98.5 cm³/mol. The first kappa shape index (κ1) is 18.2. The van der Waals surface area contributed by atoms with E-state index >= 15 is 0 Å². The van der Waals surface area contributed by atoms with Crippen LogP contribution in [0.1, 0.15) is 30.9 Å². The fourth-order valence-electron chi connectivity index (χ4n) is 3.21. The molecule has 0 bridgehead atoms. The summed E-state index contributed by atoms with van der Waals surface area (Å²) in [7, 11) is 0. The minimum Gasteiger partial charge on any atom is -0.508 e. The molecule has 0 radical (unpaired) electrons. The van der Waals surface area contributed by atoms with Crippen LogP contribution in [-0.2, 0) is 9.53 Å². The third kappa shape index (κ3) is 3.68. The molecule has 0 saturated carbocycles. The molecule has 1 N–H and O–H groups in total. The standard InChI is InChI=1S/C18H24N2O4S/c1-11(2)13-9-14(12(3)8-15(13)21)20-17(22)16(25-18(20)23)10-19-4-6-24-7-5-19/h8-9,11,16,21H,4-7,10H2,1-3H3. The summed E-state index contributed by atoms with van der Waals surface area (Å²) in [6, 6.07) is 3.40. The second-order valence-electron chi connectivity index (χ2n) is 6.81. The van der Waals surface area contributed by atoms with Gasteiger partial charge in [-0.2, -0.15) is 0 Å². The molecule has 0 aromatic heterocycles. The third-order valence-corrected chi connectivity index (χ3v) is 5.68. The molecule has 1 aromatic carbocycles.